The highest BCUT2D eigenvalue weighted by atomic mass is 16.4. The molecule has 2 aromatic carbocycles. The van der Waals surface area contributed by atoms with Crippen molar-refractivity contribution in [3.63, 3.8) is 0 Å². The van der Waals surface area contributed by atoms with Crippen LogP contribution in [0.1, 0.15) is 41.3 Å². The van der Waals surface area contributed by atoms with Crippen molar-refractivity contribution in [2.75, 3.05) is 16.8 Å². The van der Waals surface area contributed by atoms with Crippen LogP contribution in [0.15, 0.2) is 42.5 Å². The molecule has 3 rings (SSSR count). The first kappa shape index (κ1) is 18.6. The Kier molecular flexibility index (Phi) is 5.54. The number of nitrogens with one attached hydrogen (secondary N) is 1. The molecular formula is C21H22N2O4. The quantitative estimate of drug-likeness (QED) is 0.850. The lowest BCUT2D eigenvalue weighted by atomic mass is 10.0. The summed E-state index contributed by atoms with van der Waals surface area (Å²) in [7, 11) is 0. The number of amides is 2. The zero-order chi connectivity index (χ0) is 19.4. The summed E-state index contributed by atoms with van der Waals surface area (Å²) in [6, 6.07) is 12.2. The third kappa shape index (κ3) is 4.53. The zero-order valence-corrected chi connectivity index (χ0v) is 15.2. The number of fused-ring (bicyclic) bond motifs is 1. The molecule has 0 unspecified atom stereocenters. The number of aryl methyl sites for hydroxylation is 2. The van der Waals surface area contributed by atoms with E-state index in [2.05, 4.69) is 5.32 Å². The maximum Gasteiger partial charge on any atom is 0.335 e. The van der Waals surface area contributed by atoms with E-state index in [-0.39, 0.29) is 17.4 Å². The maximum absolute atomic E-state index is 12.2. The van der Waals surface area contributed by atoms with E-state index in [1.54, 1.807) is 36.1 Å². The van der Waals surface area contributed by atoms with Crippen LogP contribution in [0, 0.1) is 0 Å². The molecule has 1 heterocycles. The van der Waals surface area contributed by atoms with E-state index >= 15 is 0 Å². The number of benzene rings is 2. The van der Waals surface area contributed by atoms with Gasteiger partial charge in [0.1, 0.15) is 0 Å². The monoisotopic (exact) mass is 366 g/mol. The lowest BCUT2D eigenvalue weighted by Gasteiger charge is -2.29. The van der Waals surface area contributed by atoms with Crippen LogP contribution in [-0.4, -0.2) is 29.4 Å². The molecule has 1 aliphatic heterocycles. The van der Waals surface area contributed by atoms with Gasteiger partial charge in [0.15, 0.2) is 0 Å². The Balaban J connectivity index is 1.59. The second-order valence-electron chi connectivity index (χ2n) is 6.67. The first-order valence-corrected chi connectivity index (χ1v) is 8.97. The van der Waals surface area contributed by atoms with Crippen molar-refractivity contribution in [3.8, 4) is 0 Å². The molecule has 2 aromatic rings. The van der Waals surface area contributed by atoms with E-state index in [0.717, 1.165) is 41.9 Å². The molecule has 0 aromatic heterocycles. The Bertz CT molecular complexity index is 874. The number of nitrogens with zero attached hydrogens (tertiary/aromatic N) is 1. The number of carbonyl (C=O) groups is 3. The molecule has 6 heteroatoms. The van der Waals surface area contributed by atoms with Crippen molar-refractivity contribution in [1.29, 1.82) is 0 Å². The molecule has 0 saturated heterocycles. The highest BCUT2D eigenvalue weighted by Crippen LogP contribution is 2.29. The number of carbonyl (C=O) groups excluding carboxylic acids is 2. The van der Waals surface area contributed by atoms with Crippen LogP contribution in [0.2, 0.25) is 0 Å². The summed E-state index contributed by atoms with van der Waals surface area (Å²) in [6.07, 6.45) is 2.65. The zero-order valence-electron chi connectivity index (χ0n) is 15.2. The molecule has 0 aliphatic carbocycles. The predicted molar refractivity (Wildman–Crippen MR) is 103 cm³/mol. The minimum Gasteiger partial charge on any atom is -0.478 e. The topological polar surface area (TPSA) is 86.7 Å². The summed E-state index contributed by atoms with van der Waals surface area (Å²) in [5.74, 6) is -1.03. The van der Waals surface area contributed by atoms with E-state index < -0.39 is 5.97 Å². The van der Waals surface area contributed by atoms with Gasteiger partial charge in [-0.2, -0.15) is 0 Å². The van der Waals surface area contributed by atoms with E-state index in [0.29, 0.717) is 12.8 Å². The minimum absolute atomic E-state index is 0.0293. The van der Waals surface area contributed by atoms with Crippen molar-refractivity contribution in [2.45, 2.75) is 32.6 Å². The molecule has 0 fully saturated rings. The Hall–Kier alpha value is -3.15. The number of anilines is 2. The fourth-order valence-corrected chi connectivity index (χ4v) is 3.30. The van der Waals surface area contributed by atoms with Gasteiger partial charge in [0, 0.05) is 31.3 Å². The fraction of sp³-hybridized carbons (Fsp3) is 0.286. The highest BCUT2D eigenvalue weighted by molar-refractivity contribution is 5.95. The van der Waals surface area contributed by atoms with Crippen molar-refractivity contribution in [3.05, 3.63) is 59.2 Å². The maximum atomic E-state index is 12.2. The number of hydrogen-bond acceptors (Lipinski definition) is 3. The summed E-state index contributed by atoms with van der Waals surface area (Å²) < 4.78 is 0. The largest absolute Gasteiger partial charge is 0.478 e. The summed E-state index contributed by atoms with van der Waals surface area (Å²) >= 11 is 0. The van der Waals surface area contributed by atoms with Crippen LogP contribution >= 0.6 is 0 Å². The Morgan fingerprint density at radius 2 is 1.85 bits per heavy atom. The van der Waals surface area contributed by atoms with Crippen LogP contribution in [0.3, 0.4) is 0 Å². The molecule has 0 atom stereocenters. The molecule has 2 N–H and O–H groups in total. The average Bonchev–Trinajstić information content (AvgIpc) is 2.66. The van der Waals surface area contributed by atoms with Crippen LogP contribution in [-0.2, 0) is 22.4 Å². The average molecular weight is 366 g/mol. The molecular weight excluding hydrogens is 344 g/mol. The van der Waals surface area contributed by atoms with Gasteiger partial charge >= 0.3 is 5.97 Å². The molecule has 0 bridgehead atoms. The van der Waals surface area contributed by atoms with Crippen molar-refractivity contribution in [1.82, 2.24) is 0 Å². The normalized spacial score (nSPS) is 13.0. The lowest BCUT2D eigenvalue weighted by Crippen LogP contribution is -2.33. The van der Waals surface area contributed by atoms with Gasteiger partial charge in [-0.05, 0) is 60.7 Å². The molecule has 0 saturated carbocycles. The third-order valence-corrected chi connectivity index (χ3v) is 4.70. The number of aromatic carboxylic acids is 1. The Labute approximate surface area is 157 Å². The Morgan fingerprint density at radius 1 is 1.11 bits per heavy atom. The van der Waals surface area contributed by atoms with Gasteiger partial charge in [0.05, 0.1) is 5.56 Å². The van der Waals surface area contributed by atoms with Gasteiger partial charge in [0.2, 0.25) is 11.8 Å². The number of hydrogen-bond donors (Lipinski definition) is 2. The van der Waals surface area contributed by atoms with Gasteiger partial charge in [-0.1, -0.05) is 12.1 Å². The van der Waals surface area contributed by atoms with Crippen LogP contribution in [0.25, 0.3) is 0 Å². The number of rotatable bonds is 5. The summed E-state index contributed by atoms with van der Waals surface area (Å²) in [6.45, 7) is 2.29. The van der Waals surface area contributed by atoms with Crippen LogP contribution in [0.4, 0.5) is 11.4 Å². The molecule has 27 heavy (non-hydrogen) atoms. The van der Waals surface area contributed by atoms with E-state index in [1.165, 1.54) is 0 Å². The second-order valence-corrected chi connectivity index (χ2v) is 6.67. The van der Waals surface area contributed by atoms with Crippen molar-refractivity contribution >= 4 is 29.2 Å². The number of carboxylic acids is 1. The first-order chi connectivity index (χ1) is 12.9. The molecule has 140 valence electrons. The third-order valence-electron chi connectivity index (χ3n) is 4.70. The van der Waals surface area contributed by atoms with Crippen molar-refractivity contribution in [2.24, 2.45) is 0 Å². The number of carboxylic acid groups (broad SMARTS) is 1. The molecule has 1 aliphatic rings. The summed E-state index contributed by atoms with van der Waals surface area (Å²) in [5, 5.41) is 11.8. The second kappa shape index (κ2) is 8.03. The minimum atomic E-state index is -0.963. The fourth-order valence-electron chi connectivity index (χ4n) is 3.30. The first-order valence-electron chi connectivity index (χ1n) is 8.97. The van der Waals surface area contributed by atoms with Gasteiger partial charge in [0.25, 0.3) is 0 Å². The molecule has 0 spiro atoms. The van der Waals surface area contributed by atoms with E-state index in [4.69, 9.17) is 5.11 Å². The van der Waals surface area contributed by atoms with Gasteiger partial charge in [-0.15, -0.1) is 0 Å². The van der Waals surface area contributed by atoms with Crippen molar-refractivity contribution < 1.29 is 19.5 Å². The van der Waals surface area contributed by atoms with E-state index in [1.807, 2.05) is 18.2 Å². The van der Waals surface area contributed by atoms with Gasteiger partial charge in [-0.3, -0.25) is 9.59 Å². The Morgan fingerprint density at radius 3 is 2.52 bits per heavy atom. The van der Waals surface area contributed by atoms with Gasteiger partial charge < -0.3 is 15.3 Å². The van der Waals surface area contributed by atoms with Crippen LogP contribution < -0.4 is 10.2 Å². The lowest BCUT2D eigenvalue weighted by molar-refractivity contribution is -0.117. The predicted octanol–water partition coefficient (Wildman–Crippen LogP) is 3.26. The SMILES string of the molecule is CC(=O)N1CCCc2cc(NC(=O)CCc3ccc(C(=O)O)cc3)ccc21. The molecule has 6 nitrogen and oxygen atoms in total. The van der Waals surface area contributed by atoms with E-state index in [9.17, 15) is 14.4 Å². The molecule has 2 amide bonds. The summed E-state index contributed by atoms with van der Waals surface area (Å²) in [5.41, 5.74) is 3.86. The van der Waals surface area contributed by atoms with Crippen LogP contribution in [0.5, 0.6) is 0 Å². The smallest absolute Gasteiger partial charge is 0.335 e. The summed E-state index contributed by atoms with van der Waals surface area (Å²) in [4.78, 5) is 36.6. The highest BCUT2D eigenvalue weighted by Gasteiger charge is 2.20. The standard InChI is InChI=1S/C21H22N2O4/c1-14(24)23-12-2-3-17-13-18(9-10-19(17)23)22-20(25)11-6-15-4-7-16(8-5-15)21(26)27/h4-5,7-10,13H,2-3,6,11-12H2,1H3,(H,22,25)(H,26,27). The van der Waals surface area contributed by atoms with Gasteiger partial charge in [-0.25, -0.2) is 4.79 Å². The molecule has 0 radical (unpaired) electrons.